The van der Waals surface area contributed by atoms with Crippen LogP contribution in [0.15, 0.2) is 5.57 Å². The van der Waals surface area contributed by atoms with Crippen LogP contribution in [-0.4, -0.2) is 41.7 Å². The van der Waals surface area contributed by atoms with Crippen LogP contribution in [0.25, 0.3) is 6.08 Å². The number of primary amides is 1. The Morgan fingerprint density at radius 2 is 2.05 bits per heavy atom. The Morgan fingerprint density at radius 3 is 2.58 bits per heavy atom. The van der Waals surface area contributed by atoms with Crippen LogP contribution >= 0.6 is 0 Å². The molecule has 1 amide bonds. The van der Waals surface area contributed by atoms with Crippen LogP contribution in [0.4, 0.5) is 5.95 Å². The number of carbonyl (C=O) groups is 1. The average molecular weight is 285 g/mol. The van der Waals surface area contributed by atoms with E-state index in [1.807, 2.05) is 0 Å². The van der Waals surface area contributed by atoms with E-state index in [9.17, 15) is 13.2 Å². The summed E-state index contributed by atoms with van der Waals surface area (Å²) in [5.41, 5.74) is 12.1. The second-order valence-electron chi connectivity index (χ2n) is 4.39. The van der Waals surface area contributed by atoms with Crippen LogP contribution in [0.1, 0.15) is 17.8 Å². The molecule has 0 radical (unpaired) electrons. The summed E-state index contributed by atoms with van der Waals surface area (Å²) in [5.74, 6) is -0.657. The molecule has 4 N–H and O–H groups in total. The fourth-order valence-corrected chi connectivity index (χ4v) is 2.99. The van der Waals surface area contributed by atoms with Crippen LogP contribution in [0.3, 0.4) is 0 Å². The molecule has 1 aliphatic carbocycles. The first-order chi connectivity index (χ1) is 8.75. The first-order valence-electron chi connectivity index (χ1n) is 5.55. The highest BCUT2D eigenvalue weighted by atomic mass is 32.2. The summed E-state index contributed by atoms with van der Waals surface area (Å²) in [6, 6.07) is 0. The van der Waals surface area contributed by atoms with Crippen LogP contribution in [-0.2, 0) is 21.4 Å². The van der Waals surface area contributed by atoms with Crippen LogP contribution in [0.5, 0.6) is 0 Å². The summed E-state index contributed by atoms with van der Waals surface area (Å²) in [7, 11) is -0.904. The van der Waals surface area contributed by atoms with Crippen molar-refractivity contribution in [2.24, 2.45) is 5.73 Å². The lowest BCUT2D eigenvalue weighted by molar-refractivity contribution is -0.114. The van der Waals surface area contributed by atoms with Gasteiger partial charge in [-0.05, 0) is 18.9 Å². The number of aromatic nitrogens is 2. The minimum absolute atomic E-state index is 0.124. The van der Waals surface area contributed by atoms with Crippen LogP contribution in [0.2, 0.25) is 0 Å². The standard InChI is InChI=1S/C10H15N5O3S/c1-14(2)19(17,18)15-8-4-3-6(9(11)16)5-7(8)13-10(15)12/h5H,3-4H2,1-2H3,(H2,11,16)(H2,12,13). The van der Waals surface area contributed by atoms with E-state index in [2.05, 4.69) is 4.98 Å². The molecule has 0 unspecified atom stereocenters. The van der Waals surface area contributed by atoms with E-state index in [0.29, 0.717) is 29.8 Å². The van der Waals surface area contributed by atoms with Gasteiger partial charge in [-0.1, -0.05) is 0 Å². The molecule has 0 spiro atoms. The molecule has 0 saturated heterocycles. The van der Waals surface area contributed by atoms with Gasteiger partial charge in [-0.2, -0.15) is 16.7 Å². The van der Waals surface area contributed by atoms with Crippen LogP contribution in [0, 0.1) is 0 Å². The van der Waals surface area contributed by atoms with E-state index in [1.54, 1.807) is 0 Å². The minimum Gasteiger partial charge on any atom is -0.368 e. The number of hydrogen-bond donors (Lipinski definition) is 2. The Bertz CT molecular complexity index is 672. The van der Waals surface area contributed by atoms with Gasteiger partial charge >= 0.3 is 10.2 Å². The summed E-state index contributed by atoms with van der Waals surface area (Å²) in [4.78, 5) is 15.1. The number of rotatable bonds is 3. The van der Waals surface area contributed by atoms with E-state index >= 15 is 0 Å². The lowest BCUT2D eigenvalue weighted by atomic mass is 10.00. The van der Waals surface area contributed by atoms with Gasteiger partial charge < -0.3 is 11.5 Å². The quantitative estimate of drug-likeness (QED) is 0.732. The topological polar surface area (TPSA) is 124 Å². The molecule has 0 fully saturated rings. The predicted molar refractivity (Wildman–Crippen MR) is 70.1 cm³/mol. The van der Waals surface area contributed by atoms with E-state index in [0.717, 1.165) is 8.28 Å². The Balaban J connectivity index is 2.62. The summed E-state index contributed by atoms with van der Waals surface area (Å²) in [6.07, 6.45) is 2.21. The molecule has 1 heterocycles. The van der Waals surface area contributed by atoms with Gasteiger partial charge in [0.25, 0.3) is 0 Å². The molecule has 0 saturated carbocycles. The van der Waals surface area contributed by atoms with Crippen molar-refractivity contribution in [2.45, 2.75) is 12.8 Å². The van der Waals surface area contributed by atoms with Gasteiger partial charge in [0, 0.05) is 19.7 Å². The molecule has 0 aromatic carbocycles. The minimum atomic E-state index is -3.73. The van der Waals surface area contributed by atoms with Crippen molar-refractivity contribution in [3.63, 3.8) is 0 Å². The highest BCUT2D eigenvalue weighted by Gasteiger charge is 2.28. The largest absolute Gasteiger partial charge is 0.368 e. The van der Waals surface area contributed by atoms with Gasteiger partial charge in [0.05, 0.1) is 11.4 Å². The van der Waals surface area contributed by atoms with E-state index in [-0.39, 0.29) is 5.95 Å². The third kappa shape index (κ3) is 2.10. The summed E-state index contributed by atoms with van der Waals surface area (Å²) < 4.78 is 26.4. The van der Waals surface area contributed by atoms with E-state index < -0.39 is 16.1 Å². The molecular weight excluding hydrogens is 270 g/mol. The SMILES string of the molecule is CN(C)S(=O)(=O)n1c(N)nc2c1CCC(C(N)=O)=C2. The number of nitrogen functional groups attached to an aromatic ring is 1. The first-order valence-corrected chi connectivity index (χ1v) is 6.95. The predicted octanol–water partition coefficient (Wildman–Crippen LogP) is -1.07. The van der Waals surface area contributed by atoms with Crippen molar-refractivity contribution in [1.29, 1.82) is 0 Å². The molecule has 19 heavy (non-hydrogen) atoms. The Hall–Kier alpha value is -1.87. The molecule has 8 nitrogen and oxygen atoms in total. The first kappa shape index (κ1) is 13.6. The van der Waals surface area contributed by atoms with Crippen molar-refractivity contribution < 1.29 is 13.2 Å². The third-order valence-corrected chi connectivity index (χ3v) is 4.73. The number of imidazole rings is 1. The average Bonchev–Trinajstić information content (AvgIpc) is 2.63. The van der Waals surface area contributed by atoms with Gasteiger partial charge in [-0.3, -0.25) is 4.79 Å². The Morgan fingerprint density at radius 1 is 1.42 bits per heavy atom. The number of amides is 1. The zero-order valence-corrected chi connectivity index (χ0v) is 11.4. The molecule has 0 atom stereocenters. The van der Waals surface area contributed by atoms with Crippen molar-refractivity contribution in [3.8, 4) is 0 Å². The second kappa shape index (κ2) is 4.35. The maximum absolute atomic E-state index is 12.2. The maximum atomic E-state index is 12.2. The molecule has 0 aliphatic heterocycles. The lowest BCUT2D eigenvalue weighted by Gasteiger charge is -2.17. The number of nitrogens with zero attached hydrogens (tertiary/aromatic N) is 3. The second-order valence-corrected chi connectivity index (χ2v) is 6.38. The third-order valence-electron chi connectivity index (χ3n) is 2.93. The number of anilines is 1. The van der Waals surface area contributed by atoms with E-state index in [4.69, 9.17) is 11.5 Å². The number of hydrogen-bond acceptors (Lipinski definition) is 5. The lowest BCUT2D eigenvalue weighted by Crippen LogP contribution is -2.31. The zero-order valence-electron chi connectivity index (χ0n) is 10.6. The van der Waals surface area contributed by atoms with Gasteiger partial charge in [0.1, 0.15) is 0 Å². The summed E-state index contributed by atoms with van der Waals surface area (Å²) >= 11 is 0. The van der Waals surface area contributed by atoms with Gasteiger partial charge in [-0.25, -0.2) is 4.98 Å². The van der Waals surface area contributed by atoms with Crippen molar-refractivity contribution in [2.75, 3.05) is 19.8 Å². The monoisotopic (exact) mass is 285 g/mol. The van der Waals surface area contributed by atoms with Crippen molar-refractivity contribution in [3.05, 3.63) is 17.0 Å². The molecule has 1 aliphatic rings. The van der Waals surface area contributed by atoms with Gasteiger partial charge in [0.15, 0.2) is 0 Å². The maximum Gasteiger partial charge on any atom is 0.310 e. The molecule has 9 heteroatoms. The summed E-state index contributed by atoms with van der Waals surface area (Å²) in [6.45, 7) is 0. The molecule has 1 aromatic heterocycles. The van der Waals surface area contributed by atoms with Crippen molar-refractivity contribution >= 4 is 28.1 Å². The van der Waals surface area contributed by atoms with Crippen molar-refractivity contribution in [1.82, 2.24) is 13.3 Å². The van der Waals surface area contributed by atoms with E-state index in [1.165, 1.54) is 20.2 Å². The highest BCUT2D eigenvalue weighted by molar-refractivity contribution is 7.87. The molecular formula is C10H15N5O3S. The number of nitrogens with two attached hydrogens (primary N) is 2. The number of carbonyl (C=O) groups excluding carboxylic acids is 1. The zero-order chi connectivity index (χ0) is 14.4. The normalized spacial score (nSPS) is 15.2. The fraction of sp³-hybridized carbons (Fsp3) is 0.400. The smallest absolute Gasteiger partial charge is 0.310 e. The fourth-order valence-electron chi connectivity index (χ4n) is 1.93. The van der Waals surface area contributed by atoms with Crippen LogP contribution < -0.4 is 11.5 Å². The molecule has 104 valence electrons. The molecule has 2 rings (SSSR count). The highest BCUT2D eigenvalue weighted by Crippen LogP contribution is 2.27. The van der Waals surface area contributed by atoms with Gasteiger partial charge in [-0.15, -0.1) is 0 Å². The van der Waals surface area contributed by atoms with Gasteiger partial charge in [0.2, 0.25) is 11.9 Å². The number of fused-ring (bicyclic) bond motifs is 1. The Kier molecular flexibility index (Phi) is 3.11. The molecule has 0 bridgehead atoms. The molecule has 1 aromatic rings. The Labute approximate surface area is 110 Å². The summed E-state index contributed by atoms with van der Waals surface area (Å²) in [5, 5.41) is 0.